The Morgan fingerprint density at radius 1 is 1.12 bits per heavy atom. The first-order valence-corrected chi connectivity index (χ1v) is 7.67. The molecule has 0 unspecified atom stereocenters. The highest BCUT2D eigenvalue weighted by Gasteiger charge is 2.20. The summed E-state index contributed by atoms with van der Waals surface area (Å²) in [4.78, 5) is 24.5. The van der Waals surface area contributed by atoms with Gasteiger partial charge in [0.1, 0.15) is 5.69 Å². The Balaban J connectivity index is 1.99. The number of nitriles is 1. The molecule has 7 nitrogen and oxygen atoms in total. The third-order valence-electron chi connectivity index (χ3n) is 3.59. The largest absolute Gasteiger partial charge is 0.464 e. The summed E-state index contributed by atoms with van der Waals surface area (Å²) in [5, 5.41) is 15.9. The van der Waals surface area contributed by atoms with Gasteiger partial charge in [0, 0.05) is 11.8 Å². The molecule has 1 aromatic heterocycles. The number of ether oxygens (including phenoxy) is 1. The Hall–Kier alpha value is -3.92. The summed E-state index contributed by atoms with van der Waals surface area (Å²) in [6.07, 6.45) is 0. The number of aromatic nitrogens is 2. The topological polar surface area (TPSA) is 97.0 Å². The molecule has 128 valence electrons. The summed E-state index contributed by atoms with van der Waals surface area (Å²) in [5.41, 5.74) is 1.70. The monoisotopic (exact) mass is 346 g/mol. The second-order valence-corrected chi connectivity index (χ2v) is 5.30. The van der Waals surface area contributed by atoms with Gasteiger partial charge in [-0.15, -0.1) is 0 Å². The van der Waals surface area contributed by atoms with Gasteiger partial charge in [-0.05, 0) is 30.3 Å². The Morgan fingerprint density at radius 3 is 2.58 bits per heavy atom. The van der Waals surface area contributed by atoms with Crippen molar-refractivity contribution in [2.75, 3.05) is 12.4 Å². The van der Waals surface area contributed by atoms with Gasteiger partial charge >= 0.3 is 5.97 Å². The lowest BCUT2D eigenvalue weighted by atomic mass is 10.2. The molecular weight excluding hydrogens is 332 g/mol. The lowest BCUT2D eigenvalue weighted by Crippen LogP contribution is -2.17. The molecule has 0 spiro atoms. The van der Waals surface area contributed by atoms with E-state index in [0.29, 0.717) is 16.9 Å². The zero-order chi connectivity index (χ0) is 18.5. The van der Waals surface area contributed by atoms with Crippen molar-refractivity contribution in [3.8, 4) is 11.8 Å². The van der Waals surface area contributed by atoms with Crippen molar-refractivity contribution in [1.29, 1.82) is 5.26 Å². The van der Waals surface area contributed by atoms with Crippen molar-refractivity contribution in [3.05, 3.63) is 77.6 Å². The van der Waals surface area contributed by atoms with E-state index in [1.54, 1.807) is 48.5 Å². The van der Waals surface area contributed by atoms with Gasteiger partial charge in [-0.1, -0.05) is 24.3 Å². The molecule has 0 fully saturated rings. The van der Waals surface area contributed by atoms with Crippen LogP contribution in [-0.4, -0.2) is 28.8 Å². The van der Waals surface area contributed by atoms with Crippen LogP contribution < -0.4 is 5.32 Å². The van der Waals surface area contributed by atoms with E-state index in [4.69, 9.17) is 5.26 Å². The van der Waals surface area contributed by atoms with Gasteiger partial charge in [0.2, 0.25) is 0 Å². The van der Waals surface area contributed by atoms with Crippen LogP contribution in [0.4, 0.5) is 5.69 Å². The number of esters is 1. The average molecular weight is 346 g/mol. The predicted molar refractivity (Wildman–Crippen MR) is 94.0 cm³/mol. The maximum Gasteiger partial charge on any atom is 0.358 e. The first-order chi connectivity index (χ1) is 12.6. The molecule has 1 amide bonds. The number of anilines is 1. The summed E-state index contributed by atoms with van der Waals surface area (Å²) in [6.45, 7) is 0. The highest BCUT2D eigenvalue weighted by atomic mass is 16.5. The van der Waals surface area contributed by atoms with Gasteiger partial charge in [0.25, 0.3) is 5.91 Å². The summed E-state index contributed by atoms with van der Waals surface area (Å²) in [5.74, 6) is -1.10. The maximum absolute atomic E-state index is 12.7. The zero-order valence-electron chi connectivity index (χ0n) is 13.8. The number of rotatable bonds is 4. The molecule has 0 aliphatic carbocycles. The van der Waals surface area contributed by atoms with Crippen LogP contribution in [0.1, 0.15) is 26.5 Å². The van der Waals surface area contributed by atoms with Crippen LogP contribution in [0.25, 0.3) is 5.69 Å². The first-order valence-electron chi connectivity index (χ1n) is 7.67. The van der Waals surface area contributed by atoms with E-state index in [-0.39, 0.29) is 11.4 Å². The summed E-state index contributed by atoms with van der Waals surface area (Å²) >= 11 is 0. The third kappa shape index (κ3) is 3.44. The number of hydrogen-bond donors (Lipinski definition) is 1. The molecule has 3 aromatic rings. The first kappa shape index (κ1) is 16.9. The lowest BCUT2D eigenvalue weighted by Gasteiger charge is -2.08. The summed E-state index contributed by atoms with van der Waals surface area (Å²) in [7, 11) is 1.25. The molecule has 0 radical (unpaired) electrons. The number of hydrogen-bond acceptors (Lipinski definition) is 5. The van der Waals surface area contributed by atoms with Crippen LogP contribution in [0.5, 0.6) is 0 Å². The van der Waals surface area contributed by atoms with Crippen molar-refractivity contribution in [2.45, 2.75) is 0 Å². The van der Waals surface area contributed by atoms with E-state index in [2.05, 4.69) is 15.2 Å². The number of carbonyl (C=O) groups excluding carboxylic acids is 2. The van der Waals surface area contributed by atoms with Crippen molar-refractivity contribution in [3.63, 3.8) is 0 Å². The molecule has 0 saturated carbocycles. The normalized spacial score (nSPS) is 10.0. The second kappa shape index (κ2) is 7.32. The molecule has 0 atom stereocenters. The summed E-state index contributed by atoms with van der Waals surface area (Å²) in [6, 6.07) is 18.9. The highest BCUT2D eigenvalue weighted by Crippen LogP contribution is 2.16. The highest BCUT2D eigenvalue weighted by molar-refractivity contribution is 6.04. The van der Waals surface area contributed by atoms with E-state index in [9.17, 15) is 9.59 Å². The van der Waals surface area contributed by atoms with Gasteiger partial charge in [0.15, 0.2) is 5.69 Å². The van der Waals surface area contributed by atoms with Crippen LogP contribution in [0.2, 0.25) is 0 Å². The van der Waals surface area contributed by atoms with Gasteiger partial charge < -0.3 is 10.1 Å². The van der Waals surface area contributed by atoms with Crippen LogP contribution in [0.15, 0.2) is 60.7 Å². The van der Waals surface area contributed by atoms with Crippen molar-refractivity contribution >= 4 is 17.6 Å². The van der Waals surface area contributed by atoms with Gasteiger partial charge in [-0.2, -0.15) is 10.4 Å². The average Bonchev–Trinajstić information content (AvgIpc) is 3.14. The van der Waals surface area contributed by atoms with E-state index >= 15 is 0 Å². The number of para-hydroxylation sites is 1. The Kier molecular flexibility index (Phi) is 4.76. The zero-order valence-corrected chi connectivity index (χ0v) is 13.8. The van der Waals surface area contributed by atoms with Crippen LogP contribution in [0, 0.1) is 11.3 Å². The molecule has 1 N–H and O–H groups in total. The minimum atomic E-state index is -0.639. The molecule has 0 bridgehead atoms. The molecule has 3 rings (SSSR count). The molecular formula is C19H14N4O3. The smallest absolute Gasteiger partial charge is 0.358 e. The van der Waals surface area contributed by atoms with Crippen molar-refractivity contribution in [1.82, 2.24) is 9.78 Å². The van der Waals surface area contributed by atoms with Gasteiger partial charge in [-0.3, -0.25) is 4.79 Å². The lowest BCUT2D eigenvalue weighted by molar-refractivity contribution is 0.0593. The molecule has 0 aliphatic rings. The quantitative estimate of drug-likeness (QED) is 0.733. The SMILES string of the molecule is COC(=O)c1cc(C(=O)Nc2cccc(C#N)c2)n(-c2ccccc2)n1. The Bertz CT molecular complexity index is 1000. The molecule has 0 aliphatic heterocycles. The van der Waals surface area contributed by atoms with E-state index in [1.807, 2.05) is 12.1 Å². The minimum absolute atomic E-state index is 0.0206. The van der Waals surface area contributed by atoms with E-state index < -0.39 is 11.9 Å². The fraction of sp³-hybridized carbons (Fsp3) is 0.0526. The van der Waals surface area contributed by atoms with Crippen LogP contribution in [0.3, 0.4) is 0 Å². The number of nitrogens with one attached hydrogen (secondary N) is 1. The fourth-order valence-corrected chi connectivity index (χ4v) is 2.37. The standard InChI is InChI=1S/C19H14N4O3/c1-26-19(25)16-11-17(23(22-16)15-8-3-2-4-9-15)18(24)21-14-7-5-6-13(10-14)12-20/h2-11H,1H3,(H,21,24). The minimum Gasteiger partial charge on any atom is -0.464 e. The molecule has 2 aromatic carbocycles. The number of carbonyl (C=O) groups is 2. The van der Waals surface area contributed by atoms with Crippen LogP contribution in [-0.2, 0) is 4.74 Å². The summed E-state index contributed by atoms with van der Waals surface area (Å²) < 4.78 is 6.06. The number of amides is 1. The molecule has 7 heteroatoms. The predicted octanol–water partition coefficient (Wildman–Crippen LogP) is 2.78. The van der Waals surface area contributed by atoms with Crippen molar-refractivity contribution < 1.29 is 14.3 Å². The van der Waals surface area contributed by atoms with Gasteiger partial charge in [-0.25, -0.2) is 9.48 Å². The Morgan fingerprint density at radius 2 is 1.88 bits per heavy atom. The Labute approximate surface area is 149 Å². The molecule has 0 saturated heterocycles. The fourth-order valence-electron chi connectivity index (χ4n) is 2.37. The second-order valence-electron chi connectivity index (χ2n) is 5.30. The number of methoxy groups -OCH3 is 1. The maximum atomic E-state index is 12.7. The van der Waals surface area contributed by atoms with Crippen molar-refractivity contribution in [2.24, 2.45) is 0 Å². The number of benzene rings is 2. The molecule has 26 heavy (non-hydrogen) atoms. The molecule has 1 heterocycles. The third-order valence-corrected chi connectivity index (χ3v) is 3.59. The van der Waals surface area contributed by atoms with Gasteiger partial charge in [0.05, 0.1) is 24.4 Å². The van der Waals surface area contributed by atoms with E-state index in [1.165, 1.54) is 17.9 Å². The van der Waals surface area contributed by atoms with Crippen LogP contribution >= 0.6 is 0 Å². The van der Waals surface area contributed by atoms with E-state index in [0.717, 1.165) is 0 Å². The number of nitrogens with zero attached hydrogens (tertiary/aromatic N) is 3.